The van der Waals surface area contributed by atoms with Crippen molar-refractivity contribution in [1.29, 1.82) is 0 Å². The third-order valence-electron chi connectivity index (χ3n) is 3.75. The normalized spacial score (nSPS) is 16.9. The second-order valence-corrected chi connectivity index (χ2v) is 7.63. The Morgan fingerprint density at radius 3 is 2.50 bits per heavy atom. The van der Waals surface area contributed by atoms with Crippen LogP contribution in [0.3, 0.4) is 0 Å². The van der Waals surface area contributed by atoms with Crippen molar-refractivity contribution in [3.8, 4) is 5.75 Å². The number of para-hydroxylation sites is 2. The lowest BCUT2D eigenvalue weighted by molar-refractivity contribution is -0.122. The summed E-state index contributed by atoms with van der Waals surface area (Å²) < 4.78 is 31.0. The van der Waals surface area contributed by atoms with Crippen LogP contribution in [0.5, 0.6) is 5.75 Å². The Kier molecular flexibility index (Phi) is 4.19. The smallest absolute Gasteiger partial charge is 0.267 e. The summed E-state index contributed by atoms with van der Waals surface area (Å²) in [6.45, 7) is 1.89. The van der Waals surface area contributed by atoms with Gasteiger partial charge in [0.1, 0.15) is 5.75 Å². The molecule has 126 valence electrons. The molecule has 0 aromatic heterocycles. The molecule has 0 radical (unpaired) electrons. The first-order valence-electron chi connectivity index (χ1n) is 7.45. The predicted octanol–water partition coefficient (Wildman–Crippen LogP) is 2.16. The number of hydrogen-bond acceptors (Lipinski definition) is 4. The standard InChI is InChI=1S/C17H18N2O4S/c1-12-7-9-13(10-8-12)18-17(20)16-11-19(24(2,21)22)14-5-3-4-6-15(14)23-16/h3-10,16H,11H2,1-2H3,(H,18,20). The van der Waals surface area contributed by atoms with Crippen molar-refractivity contribution in [3.05, 3.63) is 54.1 Å². The number of benzene rings is 2. The van der Waals surface area contributed by atoms with Crippen LogP contribution in [0, 0.1) is 6.92 Å². The number of amides is 1. The molecule has 1 aliphatic heterocycles. The first kappa shape index (κ1) is 16.3. The number of rotatable bonds is 3. The van der Waals surface area contributed by atoms with Crippen LogP contribution in [0.15, 0.2) is 48.5 Å². The van der Waals surface area contributed by atoms with E-state index in [4.69, 9.17) is 4.74 Å². The van der Waals surface area contributed by atoms with Crippen molar-refractivity contribution in [2.45, 2.75) is 13.0 Å². The number of aryl methyl sites for hydroxylation is 1. The quantitative estimate of drug-likeness (QED) is 0.924. The molecule has 24 heavy (non-hydrogen) atoms. The Labute approximate surface area is 141 Å². The molecule has 1 atom stereocenters. The molecular weight excluding hydrogens is 328 g/mol. The summed E-state index contributed by atoms with van der Waals surface area (Å²) in [5.74, 6) is -0.0137. The SMILES string of the molecule is Cc1ccc(NC(=O)C2CN(S(C)(=O)=O)c3ccccc3O2)cc1. The van der Waals surface area contributed by atoms with Gasteiger partial charge in [0.05, 0.1) is 18.5 Å². The van der Waals surface area contributed by atoms with Crippen LogP contribution >= 0.6 is 0 Å². The summed E-state index contributed by atoms with van der Waals surface area (Å²) in [7, 11) is -3.51. The molecule has 6 nitrogen and oxygen atoms in total. The monoisotopic (exact) mass is 346 g/mol. The summed E-state index contributed by atoms with van der Waals surface area (Å²) in [6, 6.07) is 14.1. The topological polar surface area (TPSA) is 75.7 Å². The Balaban J connectivity index is 1.85. The van der Waals surface area contributed by atoms with Crippen molar-refractivity contribution < 1.29 is 17.9 Å². The van der Waals surface area contributed by atoms with E-state index in [0.29, 0.717) is 17.1 Å². The van der Waals surface area contributed by atoms with Crippen LogP contribution in [-0.4, -0.2) is 33.2 Å². The maximum atomic E-state index is 12.5. The number of fused-ring (bicyclic) bond motifs is 1. The second-order valence-electron chi connectivity index (χ2n) is 5.72. The van der Waals surface area contributed by atoms with Crippen molar-refractivity contribution >= 4 is 27.3 Å². The third kappa shape index (κ3) is 3.35. The van der Waals surface area contributed by atoms with Crippen LogP contribution in [0.1, 0.15) is 5.56 Å². The third-order valence-corrected chi connectivity index (χ3v) is 4.89. The largest absolute Gasteiger partial charge is 0.476 e. The Morgan fingerprint density at radius 2 is 1.83 bits per heavy atom. The molecule has 7 heteroatoms. The molecule has 1 N–H and O–H groups in total. The Morgan fingerprint density at radius 1 is 1.17 bits per heavy atom. The van der Waals surface area contributed by atoms with Gasteiger partial charge >= 0.3 is 0 Å². The summed E-state index contributed by atoms with van der Waals surface area (Å²) >= 11 is 0. The van der Waals surface area contributed by atoms with E-state index in [-0.39, 0.29) is 12.5 Å². The Hall–Kier alpha value is -2.54. The van der Waals surface area contributed by atoms with E-state index < -0.39 is 16.1 Å². The van der Waals surface area contributed by atoms with E-state index in [0.717, 1.165) is 11.8 Å². The lowest BCUT2D eigenvalue weighted by Crippen LogP contribution is -2.48. The van der Waals surface area contributed by atoms with Crippen molar-refractivity contribution in [2.75, 3.05) is 22.4 Å². The zero-order valence-electron chi connectivity index (χ0n) is 13.4. The molecule has 0 bridgehead atoms. The zero-order chi connectivity index (χ0) is 17.3. The number of carbonyl (C=O) groups is 1. The number of nitrogens with zero attached hydrogens (tertiary/aromatic N) is 1. The number of anilines is 2. The summed E-state index contributed by atoms with van der Waals surface area (Å²) in [6.07, 6.45) is 0.195. The highest BCUT2D eigenvalue weighted by Gasteiger charge is 2.34. The number of ether oxygens (including phenoxy) is 1. The molecule has 0 saturated carbocycles. The average molecular weight is 346 g/mol. The predicted molar refractivity (Wildman–Crippen MR) is 92.9 cm³/mol. The maximum absolute atomic E-state index is 12.5. The van der Waals surface area contributed by atoms with Crippen LogP contribution < -0.4 is 14.4 Å². The second kappa shape index (κ2) is 6.16. The lowest BCUT2D eigenvalue weighted by Gasteiger charge is -2.33. The highest BCUT2D eigenvalue weighted by atomic mass is 32.2. The fraction of sp³-hybridized carbons (Fsp3) is 0.235. The van der Waals surface area contributed by atoms with Gasteiger partial charge in [-0.3, -0.25) is 9.10 Å². The summed E-state index contributed by atoms with van der Waals surface area (Å²) in [5.41, 5.74) is 2.16. The Bertz CT molecular complexity index is 862. The molecule has 0 saturated heterocycles. The minimum atomic E-state index is -3.51. The molecule has 1 heterocycles. The first-order chi connectivity index (χ1) is 11.3. The molecule has 2 aromatic carbocycles. The molecule has 0 fully saturated rings. The van der Waals surface area contributed by atoms with Gasteiger partial charge in [-0.1, -0.05) is 29.8 Å². The molecule has 1 amide bonds. The number of nitrogens with one attached hydrogen (secondary N) is 1. The van der Waals surface area contributed by atoms with E-state index in [1.54, 1.807) is 36.4 Å². The highest BCUT2D eigenvalue weighted by molar-refractivity contribution is 7.92. The molecule has 1 aliphatic rings. The fourth-order valence-corrected chi connectivity index (χ4v) is 3.43. The van der Waals surface area contributed by atoms with Crippen molar-refractivity contribution in [1.82, 2.24) is 0 Å². The van der Waals surface area contributed by atoms with Gasteiger partial charge in [0.15, 0.2) is 6.10 Å². The summed E-state index contributed by atoms with van der Waals surface area (Å²) in [4.78, 5) is 12.5. The van der Waals surface area contributed by atoms with E-state index in [2.05, 4.69) is 5.32 Å². The van der Waals surface area contributed by atoms with Crippen molar-refractivity contribution in [3.63, 3.8) is 0 Å². The highest BCUT2D eigenvalue weighted by Crippen LogP contribution is 2.34. The minimum Gasteiger partial charge on any atom is -0.476 e. The van der Waals surface area contributed by atoms with E-state index in [1.165, 1.54) is 4.31 Å². The molecular formula is C17H18N2O4S. The number of sulfonamides is 1. The van der Waals surface area contributed by atoms with Gasteiger partial charge in [-0.25, -0.2) is 8.42 Å². The average Bonchev–Trinajstić information content (AvgIpc) is 2.55. The zero-order valence-corrected chi connectivity index (χ0v) is 14.2. The van der Waals surface area contributed by atoms with Crippen molar-refractivity contribution in [2.24, 2.45) is 0 Å². The maximum Gasteiger partial charge on any atom is 0.267 e. The van der Waals surface area contributed by atoms with Gasteiger partial charge in [0.2, 0.25) is 10.0 Å². The van der Waals surface area contributed by atoms with Gasteiger partial charge in [0, 0.05) is 5.69 Å². The van der Waals surface area contributed by atoms with Gasteiger partial charge < -0.3 is 10.1 Å². The van der Waals surface area contributed by atoms with Gasteiger partial charge in [-0.2, -0.15) is 0 Å². The van der Waals surface area contributed by atoms with Crippen LogP contribution in [0.25, 0.3) is 0 Å². The molecule has 0 spiro atoms. The van der Waals surface area contributed by atoms with Crippen LogP contribution in [0.4, 0.5) is 11.4 Å². The van der Waals surface area contributed by atoms with E-state index in [9.17, 15) is 13.2 Å². The number of carbonyl (C=O) groups excluding carboxylic acids is 1. The van der Waals surface area contributed by atoms with Gasteiger partial charge in [0.25, 0.3) is 5.91 Å². The van der Waals surface area contributed by atoms with E-state index >= 15 is 0 Å². The molecule has 0 aliphatic carbocycles. The van der Waals surface area contributed by atoms with Gasteiger partial charge in [-0.05, 0) is 31.2 Å². The molecule has 3 rings (SSSR count). The molecule has 2 aromatic rings. The minimum absolute atomic E-state index is 0.0620. The first-order valence-corrected chi connectivity index (χ1v) is 9.30. The molecule has 1 unspecified atom stereocenters. The van der Waals surface area contributed by atoms with Gasteiger partial charge in [-0.15, -0.1) is 0 Å². The summed E-state index contributed by atoms with van der Waals surface area (Å²) in [5, 5.41) is 2.76. The lowest BCUT2D eigenvalue weighted by atomic mass is 10.2. The van der Waals surface area contributed by atoms with Crippen LogP contribution in [0.2, 0.25) is 0 Å². The van der Waals surface area contributed by atoms with Crippen LogP contribution in [-0.2, 0) is 14.8 Å². The van der Waals surface area contributed by atoms with E-state index in [1.807, 2.05) is 19.1 Å². The fourth-order valence-electron chi connectivity index (χ4n) is 2.51. The number of hydrogen-bond donors (Lipinski definition) is 1.